The van der Waals surface area contributed by atoms with Gasteiger partial charge in [0.2, 0.25) is 5.91 Å². The second-order valence-electron chi connectivity index (χ2n) is 6.29. The van der Waals surface area contributed by atoms with Gasteiger partial charge in [0, 0.05) is 37.1 Å². The molecule has 138 valence electrons. The molecule has 1 aromatic rings. The van der Waals surface area contributed by atoms with Crippen LogP contribution in [-0.2, 0) is 11.3 Å². The SMILES string of the molecule is CCNC(=NCc1cccc(Cl)c1)NCCC(CC)N1CCCC1=O. The molecule has 1 atom stereocenters. The van der Waals surface area contributed by atoms with E-state index in [0.717, 1.165) is 55.4 Å². The molecule has 1 aromatic carbocycles. The van der Waals surface area contributed by atoms with Crippen molar-refractivity contribution < 1.29 is 4.79 Å². The fraction of sp³-hybridized carbons (Fsp3) is 0.579. The lowest BCUT2D eigenvalue weighted by Crippen LogP contribution is -2.42. The highest BCUT2D eigenvalue weighted by atomic mass is 35.5. The Balaban J connectivity index is 1.85. The minimum atomic E-state index is 0.299. The number of aliphatic imine (C=N–C) groups is 1. The monoisotopic (exact) mass is 364 g/mol. The molecule has 0 radical (unpaired) electrons. The van der Waals surface area contributed by atoms with Crippen molar-refractivity contribution in [2.75, 3.05) is 19.6 Å². The van der Waals surface area contributed by atoms with Crippen molar-refractivity contribution >= 4 is 23.5 Å². The second kappa shape index (κ2) is 10.3. The molecule has 0 bridgehead atoms. The highest BCUT2D eigenvalue weighted by molar-refractivity contribution is 6.30. The maximum atomic E-state index is 11.9. The van der Waals surface area contributed by atoms with Crippen LogP contribution in [0.5, 0.6) is 0 Å². The fourth-order valence-electron chi connectivity index (χ4n) is 3.14. The predicted molar refractivity (Wildman–Crippen MR) is 104 cm³/mol. The molecule has 1 heterocycles. The summed E-state index contributed by atoms with van der Waals surface area (Å²) in [5, 5.41) is 7.37. The van der Waals surface area contributed by atoms with Crippen LogP contribution in [0.25, 0.3) is 0 Å². The van der Waals surface area contributed by atoms with E-state index >= 15 is 0 Å². The molecule has 2 N–H and O–H groups in total. The number of nitrogens with one attached hydrogen (secondary N) is 2. The maximum absolute atomic E-state index is 11.9. The van der Waals surface area contributed by atoms with Gasteiger partial charge in [-0.25, -0.2) is 4.99 Å². The number of halogens is 1. The summed E-state index contributed by atoms with van der Waals surface area (Å²) in [6.07, 6.45) is 3.62. The fourth-order valence-corrected chi connectivity index (χ4v) is 3.35. The van der Waals surface area contributed by atoms with Gasteiger partial charge in [-0.2, -0.15) is 0 Å². The molecule has 1 aliphatic heterocycles. The number of carbonyl (C=O) groups excluding carboxylic acids is 1. The molecule has 1 saturated heterocycles. The first-order chi connectivity index (χ1) is 12.1. The third kappa shape index (κ3) is 6.24. The number of hydrogen-bond acceptors (Lipinski definition) is 2. The first-order valence-corrected chi connectivity index (χ1v) is 9.58. The van der Waals surface area contributed by atoms with Crippen LogP contribution in [0.3, 0.4) is 0 Å². The zero-order valence-corrected chi connectivity index (χ0v) is 16.0. The molecular formula is C19H29ClN4O. The molecule has 1 unspecified atom stereocenters. The van der Waals surface area contributed by atoms with Crippen molar-refractivity contribution in [1.82, 2.24) is 15.5 Å². The van der Waals surface area contributed by atoms with E-state index in [4.69, 9.17) is 11.6 Å². The average molecular weight is 365 g/mol. The molecule has 1 amide bonds. The van der Waals surface area contributed by atoms with Gasteiger partial charge in [-0.05, 0) is 43.9 Å². The maximum Gasteiger partial charge on any atom is 0.222 e. The number of carbonyl (C=O) groups is 1. The Kier molecular flexibility index (Phi) is 8.06. The number of hydrogen-bond donors (Lipinski definition) is 2. The van der Waals surface area contributed by atoms with E-state index in [0.29, 0.717) is 24.9 Å². The molecule has 0 aliphatic carbocycles. The third-order valence-electron chi connectivity index (χ3n) is 4.45. The lowest BCUT2D eigenvalue weighted by atomic mass is 10.1. The Morgan fingerprint density at radius 2 is 2.20 bits per heavy atom. The summed E-state index contributed by atoms with van der Waals surface area (Å²) < 4.78 is 0. The lowest BCUT2D eigenvalue weighted by Gasteiger charge is -2.27. The molecule has 0 saturated carbocycles. The summed E-state index contributed by atoms with van der Waals surface area (Å²) in [4.78, 5) is 18.6. The van der Waals surface area contributed by atoms with Crippen LogP contribution in [0.1, 0.15) is 45.1 Å². The predicted octanol–water partition coefficient (Wildman–Crippen LogP) is 3.19. The van der Waals surface area contributed by atoms with Gasteiger partial charge in [0.05, 0.1) is 6.54 Å². The first-order valence-electron chi connectivity index (χ1n) is 9.20. The quantitative estimate of drug-likeness (QED) is 0.550. The van der Waals surface area contributed by atoms with Gasteiger partial charge < -0.3 is 15.5 Å². The number of benzene rings is 1. The number of amides is 1. The normalized spacial score (nSPS) is 16.2. The summed E-state index contributed by atoms with van der Waals surface area (Å²) in [6.45, 7) is 7.29. The lowest BCUT2D eigenvalue weighted by molar-refractivity contribution is -0.129. The molecule has 2 rings (SSSR count). The van der Waals surface area contributed by atoms with E-state index in [1.807, 2.05) is 36.1 Å². The van der Waals surface area contributed by atoms with Gasteiger partial charge in [0.1, 0.15) is 0 Å². The van der Waals surface area contributed by atoms with Crippen LogP contribution in [0.15, 0.2) is 29.3 Å². The van der Waals surface area contributed by atoms with Crippen LogP contribution in [0.2, 0.25) is 5.02 Å². The Morgan fingerprint density at radius 3 is 2.84 bits per heavy atom. The standard InChI is InChI=1S/C19H29ClN4O/c1-3-17(24-12-6-9-18(24)25)10-11-22-19(21-4-2)23-14-15-7-5-8-16(20)13-15/h5,7-8,13,17H,3-4,6,9-12,14H2,1-2H3,(H2,21,22,23). The summed E-state index contributed by atoms with van der Waals surface area (Å²) in [5.74, 6) is 1.10. The number of likely N-dealkylation sites (tertiary alicyclic amines) is 1. The average Bonchev–Trinajstić information content (AvgIpc) is 3.02. The van der Waals surface area contributed by atoms with Crippen LogP contribution >= 0.6 is 11.6 Å². The van der Waals surface area contributed by atoms with E-state index in [9.17, 15) is 4.79 Å². The van der Waals surface area contributed by atoms with E-state index in [2.05, 4.69) is 22.5 Å². The van der Waals surface area contributed by atoms with Crippen LogP contribution < -0.4 is 10.6 Å². The Hall–Kier alpha value is -1.75. The molecule has 0 aromatic heterocycles. The van der Waals surface area contributed by atoms with Crippen molar-refractivity contribution in [1.29, 1.82) is 0 Å². The van der Waals surface area contributed by atoms with Gasteiger partial charge in [0.25, 0.3) is 0 Å². The van der Waals surface area contributed by atoms with E-state index in [-0.39, 0.29) is 0 Å². The van der Waals surface area contributed by atoms with Crippen LogP contribution in [0, 0.1) is 0 Å². The van der Waals surface area contributed by atoms with Gasteiger partial charge >= 0.3 is 0 Å². The van der Waals surface area contributed by atoms with Crippen molar-refractivity contribution in [3.05, 3.63) is 34.9 Å². The van der Waals surface area contributed by atoms with Crippen molar-refractivity contribution in [2.24, 2.45) is 4.99 Å². The van der Waals surface area contributed by atoms with E-state index in [1.54, 1.807) is 0 Å². The molecule has 5 nitrogen and oxygen atoms in total. The zero-order chi connectivity index (χ0) is 18.1. The second-order valence-corrected chi connectivity index (χ2v) is 6.73. The number of nitrogens with zero attached hydrogens (tertiary/aromatic N) is 2. The summed E-state index contributed by atoms with van der Waals surface area (Å²) in [7, 11) is 0. The number of guanidine groups is 1. The summed E-state index contributed by atoms with van der Waals surface area (Å²) in [6, 6.07) is 8.07. The van der Waals surface area contributed by atoms with Crippen LogP contribution in [0.4, 0.5) is 0 Å². The topological polar surface area (TPSA) is 56.7 Å². The van der Waals surface area contributed by atoms with Gasteiger partial charge in [-0.15, -0.1) is 0 Å². The van der Waals surface area contributed by atoms with E-state index < -0.39 is 0 Å². The molecule has 1 fully saturated rings. The molecule has 6 heteroatoms. The Labute approximate surface area is 155 Å². The minimum Gasteiger partial charge on any atom is -0.357 e. The first kappa shape index (κ1) is 19.6. The highest BCUT2D eigenvalue weighted by Gasteiger charge is 2.26. The van der Waals surface area contributed by atoms with Crippen molar-refractivity contribution in [2.45, 2.75) is 52.1 Å². The molecule has 25 heavy (non-hydrogen) atoms. The van der Waals surface area contributed by atoms with Crippen molar-refractivity contribution in [3.8, 4) is 0 Å². The third-order valence-corrected chi connectivity index (χ3v) is 4.68. The van der Waals surface area contributed by atoms with Gasteiger partial charge in [-0.3, -0.25) is 4.79 Å². The smallest absolute Gasteiger partial charge is 0.222 e. The van der Waals surface area contributed by atoms with Crippen molar-refractivity contribution in [3.63, 3.8) is 0 Å². The molecule has 0 spiro atoms. The highest BCUT2D eigenvalue weighted by Crippen LogP contribution is 2.17. The zero-order valence-electron chi connectivity index (χ0n) is 15.2. The minimum absolute atomic E-state index is 0.299. The molecule has 1 aliphatic rings. The summed E-state index contributed by atoms with van der Waals surface area (Å²) in [5.41, 5.74) is 1.08. The Morgan fingerprint density at radius 1 is 1.36 bits per heavy atom. The largest absolute Gasteiger partial charge is 0.357 e. The number of rotatable bonds is 8. The van der Waals surface area contributed by atoms with Gasteiger partial charge in [0.15, 0.2) is 5.96 Å². The Bertz CT molecular complexity index is 591. The van der Waals surface area contributed by atoms with Crippen LogP contribution in [-0.4, -0.2) is 42.4 Å². The summed E-state index contributed by atoms with van der Waals surface area (Å²) >= 11 is 6.02. The van der Waals surface area contributed by atoms with E-state index in [1.165, 1.54) is 0 Å². The molecular weight excluding hydrogens is 336 g/mol. The van der Waals surface area contributed by atoms with Gasteiger partial charge in [-0.1, -0.05) is 30.7 Å².